The zero-order chi connectivity index (χ0) is 19.4. The second kappa shape index (κ2) is 9.79. The van der Waals surface area contributed by atoms with E-state index in [1.54, 1.807) is 11.8 Å². The van der Waals surface area contributed by atoms with Crippen molar-refractivity contribution in [2.75, 3.05) is 26.2 Å². The second-order valence-electron chi connectivity index (χ2n) is 7.24. The van der Waals surface area contributed by atoms with Gasteiger partial charge in [-0.05, 0) is 45.1 Å². The summed E-state index contributed by atoms with van der Waals surface area (Å²) in [7, 11) is 0. The molecule has 10 heteroatoms. The number of rotatable bonds is 5. The van der Waals surface area contributed by atoms with Crippen molar-refractivity contribution in [3.05, 3.63) is 33.6 Å². The third-order valence-electron chi connectivity index (χ3n) is 5.26. The third-order valence-corrected chi connectivity index (χ3v) is 5.26. The van der Waals surface area contributed by atoms with Crippen LogP contribution in [0.25, 0.3) is 0 Å². The van der Waals surface area contributed by atoms with E-state index in [4.69, 9.17) is 0 Å². The van der Waals surface area contributed by atoms with Crippen molar-refractivity contribution in [2.24, 2.45) is 5.92 Å². The Kier molecular flexibility index (Phi) is 7.70. The number of piperidine rings is 1. The van der Waals surface area contributed by atoms with Crippen LogP contribution in [0, 0.1) is 23.0 Å². The van der Waals surface area contributed by atoms with E-state index in [0.717, 1.165) is 38.4 Å². The van der Waals surface area contributed by atoms with Crippen molar-refractivity contribution in [1.29, 1.82) is 0 Å². The molecule has 28 heavy (non-hydrogen) atoms. The first-order valence-corrected chi connectivity index (χ1v) is 9.37. The van der Waals surface area contributed by atoms with Gasteiger partial charge in [-0.1, -0.05) is 0 Å². The topological polar surface area (TPSA) is 117 Å². The van der Waals surface area contributed by atoms with Crippen LogP contribution in [0.4, 0.5) is 5.69 Å². The summed E-state index contributed by atoms with van der Waals surface area (Å²) < 4.78 is 0. The van der Waals surface area contributed by atoms with Crippen LogP contribution in [0.3, 0.4) is 0 Å². The SMILES string of the molecule is Cc1ncc([N+](=O)[O-])cc1C(=O)N1CCCC(CNC(=O)C2CCCN2)C1.Cl. The van der Waals surface area contributed by atoms with Crippen molar-refractivity contribution in [3.63, 3.8) is 0 Å². The van der Waals surface area contributed by atoms with E-state index in [1.165, 1.54) is 6.07 Å². The minimum Gasteiger partial charge on any atom is -0.354 e. The molecule has 1 aromatic rings. The summed E-state index contributed by atoms with van der Waals surface area (Å²) in [6.07, 6.45) is 4.82. The van der Waals surface area contributed by atoms with Gasteiger partial charge in [-0.2, -0.15) is 0 Å². The van der Waals surface area contributed by atoms with Crippen molar-refractivity contribution in [1.82, 2.24) is 20.5 Å². The highest BCUT2D eigenvalue weighted by Gasteiger charge is 2.28. The molecule has 2 atom stereocenters. The first kappa shape index (κ1) is 22.0. The number of likely N-dealkylation sites (tertiary alicyclic amines) is 1. The zero-order valence-corrected chi connectivity index (χ0v) is 16.7. The molecule has 0 radical (unpaired) electrons. The van der Waals surface area contributed by atoms with E-state index in [1.807, 2.05) is 0 Å². The highest BCUT2D eigenvalue weighted by atomic mass is 35.5. The van der Waals surface area contributed by atoms with Crippen molar-refractivity contribution in [3.8, 4) is 0 Å². The molecule has 2 amide bonds. The molecular formula is C18H26ClN5O4. The molecule has 2 aliphatic rings. The highest BCUT2D eigenvalue weighted by molar-refractivity contribution is 5.95. The Balaban J connectivity index is 0.00000280. The van der Waals surface area contributed by atoms with Gasteiger partial charge < -0.3 is 15.5 Å². The van der Waals surface area contributed by atoms with Gasteiger partial charge in [-0.25, -0.2) is 0 Å². The molecule has 0 bridgehead atoms. The Morgan fingerprint density at radius 1 is 1.39 bits per heavy atom. The van der Waals surface area contributed by atoms with Gasteiger partial charge in [0.25, 0.3) is 11.6 Å². The number of nitro groups is 1. The molecule has 2 saturated heterocycles. The summed E-state index contributed by atoms with van der Waals surface area (Å²) in [4.78, 5) is 41.1. The lowest BCUT2D eigenvalue weighted by Crippen LogP contribution is -2.46. The van der Waals surface area contributed by atoms with Gasteiger partial charge >= 0.3 is 0 Å². The molecule has 3 heterocycles. The van der Waals surface area contributed by atoms with Gasteiger partial charge in [0.2, 0.25) is 5.91 Å². The standard InChI is InChI=1S/C18H25N5O4.ClH/c1-12-15(8-14(10-20-12)23(26)27)18(25)22-7-3-4-13(11-22)9-21-17(24)16-5-2-6-19-16;/h8,10,13,16,19H,2-7,9,11H2,1H3,(H,21,24);1H. The van der Waals surface area contributed by atoms with Crippen molar-refractivity contribution >= 4 is 29.9 Å². The number of nitrogens with zero attached hydrogens (tertiary/aromatic N) is 3. The molecule has 1 aromatic heterocycles. The molecule has 3 rings (SSSR count). The van der Waals surface area contributed by atoms with E-state index in [-0.39, 0.29) is 47.4 Å². The average Bonchev–Trinajstić information content (AvgIpc) is 3.21. The summed E-state index contributed by atoms with van der Waals surface area (Å²) in [5.41, 5.74) is 0.561. The number of aryl methyl sites for hydroxylation is 1. The van der Waals surface area contributed by atoms with E-state index < -0.39 is 4.92 Å². The van der Waals surface area contributed by atoms with Crippen LogP contribution in [-0.2, 0) is 4.79 Å². The molecule has 9 nitrogen and oxygen atoms in total. The van der Waals surface area contributed by atoms with Gasteiger partial charge in [-0.15, -0.1) is 12.4 Å². The van der Waals surface area contributed by atoms with Crippen molar-refractivity contribution in [2.45, 2.75) is 38.6 Å². The van der Waals surface area contributed by atoms with Crippen molar-refractivity contribution < 1.29 is 14.5 Å². The lowest BCUT2D eigenvalue weighted by atomic mass is 9.97. The predicted molar refractivity (Wildman–Crippen MR) is 106 cm³/mol. The average molecular weight is 412 g/mol. The second-order valence-corrected chi connectivity index (χ2v) is 7.24. The van der Waals surface area contributed by atoms with Gasteiger partial charge in [0.15, 0.2) is 0 Å². The molecular weight excluding hydrogens is 386 g/mol. The monoisotopic (exact) mass is 411 g/mol. The Hall–Kier alpha value is -2.26. The smallest absolute Gasteiger partial charge is 0.288 e. The third kappa shape index (κ3) is 5.17. The number of aromatic nitrogens is 1. The molecule has 154 valence electrons. The number of amides is 2. The quantitative estimate of drug-likeness (QED) is 0.559. The number of hydrogen-bond acceptors (Lipinski definition) is 6. The normalized spacial score (nSPS) is 21.7. The van der Waals surface area contributed by atoms with Crippen LogP contribution in [0.2, 0.25) is 0 Å². The summed E-state index contributed by atoms with van der Waals surface area (Å²) in [5, 5.41) is 17.1. The van der Waals surface area contributed by atoms with Crippen LogP contribution in [0.1, 0.15) is 41.7 Å². The number of pyridine rings is 1. The fourth-order valence-corrected chi connectivity index (χ4v) is 3.70. The summed E-state index contributed by atoms with van der Waals surface area (Å²) in [5.74, 6) is -0.0353. The van der Waals surface area contributed by atoms with Crippen LogP contribution < -0.4 is 10.6 Å². The van der Waals surface area contributed by atoms with E-state index in [9.17, 15) is 19.7 Å². The number of hydrogen-bond donors (Lipinski definition) is 2. The molecule has 2 unspecified atom stereocenters. The first-order valence-electron chi connectivity index (χ1n) is 9.37. The molecule has 0 aliphatic carbocycles. The fraction of sp³-hybridized carbons (Fsp3) is 0.611. The van der Waals surface area contributed by atoms with Gasteiger partial charge in [0.1, 0.15) is 6.20 Å². The Morgan fingerprint density at radius 3 is 2.86 bits per heavy atom. The molecule has 0 saturated carbocycles. The number of carbonyl (C=O) groups excluding carboxylic acids is 2. The van der Waals surface area contributed by atoms with E-state index in [0.29, 0.717) is 25.3 Å². The van der Waals surface area contributed by atoms with Gasteiger partial charge in [0, 0.05) is 25.7 Å². The maximum Gasteiger partial charge on any atom is 0.288 e. The number of carbonyl (C=O) groups is 2. The van der Waals surface area contributed by atoms with E-state index >= 15 is 0 Å². The Labute approximate surface area is 169 Å². The van der Waals surface area contributed by atoms with Gasteiger partial charge in [0.05, 0.1) is 22.2 Å². The maximum atomic E-state index is 12.9. The summed E-state index contributed by atoms with van der Waals surface area (Å²) >= 11 is 0. The van der Waals surface area contributed by atoms with Crippen LogP contribution in [0.15, 0.2) is 12.3 Å². The van der Waals surface area contributed by atoms with Gasteiger partial charge in [-0.3, -0.25) is 24.7 Å². The first-order chi connectivity index (χ1) is 13.0. The largest absolute Gasteiger partial charge is 0.354 e. The fourth-order valence-electron chi connectivity index (χ4n) is 3.70. The van der Waals surface area contributed by atoms with Crippen LogP contribution in [0.5, 0.6) is 0 Å². The zero-order valence-electron chi connectivity index (χ0n) is 15.8. The Bertz CT molecular complexity index is 739. The predicted octanol–water partition coefficient (Wildman–Crippen LogP) is 1.44. The molecule has 2 aliphatic heterocycles. The lowest BCUT2D eigenvalue weighted by molar-refractivity contribution is -0.385. The minimum absolute atomic E-state index is 0. The van der Waals surface area contributed by atoms with E-state index in [2.05, 4.69) is 15.6 Å². The van der Waals surface area contributed by atoms with Crippen LogP contribution in [-0.4, -0.2) is 58.8 Å². The molecule has 2 N–H and O–H groups in total. The number of nitrogens with one attached hydrogen (secondary N) is 2. The summed E-state index contributed by atoms with van der Waals surface area (Å²) in [6, 6.07) is 1.19. The minimum atomic E-state index is -0.547. The maximum absolute atomic E-state index is 12.9. The lowest BCUT2D eigenvalue weighted by Gasteiger charge is -2.33. The highest BCUT2D eigenvalue weighted by Crippen LogP contribution is 2.21. The number of halogens is 1. The molecule has 2 fully saturated rings. The van der Waals surface area contributed by atoms with Crippen LogP contribution >= 0.6 is 12.4 Å². The Morgan fingerprint density at radius 2 is 2.18 bits per heavy atom. The molecule has 0 aromatic carbocycles. The summed E-state index contributed by atoms with van der Waals surface area (Å²) in [6.45, 7) is 4.22. The molecule has 0 spiro atoms.